The average molecular weight is 333 g/mol. The van der Waals surface area contributed by atoms with E-state index < -0.39 is 6.61 Å². The van der Waals surface area contributed by atoms with Crippen LogP contribution in [0.1, 0.15) is 11.1 Å². The van der Waals surface area contributed by atoms with E-state index in [9.17, 15) is 13.6 Å². The lowest BCUT2D eigenvalue weighted by Crippen LogP contribution is -2.20. The zero-order valence-corrected chi connectivity index (χ0v) is 13.0. The summed E-state index contributed by atoms with van der Waals surface area (Å²) in [5.74, 6) is -0.126. The van der Waals surface area contributed by atoms with Gasteiger partial charge in [-0.2, -0.15) is 8.78 Å². The van der Waals surface area contributed by atoms with Crippen LogP contribution in [0.4, 0.5) is 8.78 Å². The molecule has 24 heavy (non-hydrogen) atoms. The minimum atomic E-state index is -2.92. The Morgan fingerprint density at radius 2 is 1.92 bits per heavy atom. The van der Waals surface area contributed by atoms with Gasteiger partial charge in [-0.3, -0.25) is 4.79 Å². The summed E-state index contributed by atoms with van der Waals surface area (Å²) in [7, 11) is 1.36. The molecule has 0 atom stereocenters. The fraction of sp³-hybridized carbons (Fsp3) is 0.167. The molecule has 0 fully saturated rings. The molecular formula is C18H17F2NO3. The van der Waals surface area contributed by atoms with Crippen LogP contribution in [0.2, 0.25) is 0 Å². The van der Waals surface area contributed by atoms with Gasteiger partial charge >= 0.3 is 6.61 Å². The van der Waals surface area contributed by atoms with Gasteiger partial charge in [0.25, 0.3) is 0 Å². The van der Waals surface area contributed by atoms with Crippen molar-refractivity contribution in [1.82, 2.24) is 5.32 Å². The van der Waals surface area contributed by atoms with Crippen molar-refractivity contribution in [2.75, 3.05) is 7.11 Å². The van der Waals surface area contributed by atoms with Gasteiger partial charge in [0.05, 0.1) is 7.11 Å². The number of carbonyl (C=O) groups is 1. The summed E-state index contributed by atoms with van der Waals surface area (Å²) < 4.78 is 33.9. The first-order valence-electron chi connectivity index (χ1n) is 7.21. The molecule has 0 aliphatic rings. The SMILES string of the molecule is COc1cc(CNC(=O)/C=C/c2ccccc2)ccc1OC(F)F. The maximum absolute atomic E-state index is 12.3. The van der Waals surface area contributed by atoms with E-state index in [-0.39, 0.29) is 24.0 Å². The molecule has 1 N–H and O–H groups in total. The molecule has 0 heterocycles. The van der Waals surface area contributed by atoms with Gasteiger partial charge in [0.15, 0.2) is 11.5 Å². The minimum Gasteiger partial charge on any atom is -0.493 e. The van der Waals surface area contributed by atoms with Gasteiger partial charge in [0.2, 0.25) is 5.91 Å². The van der Waals surface area contributed by atoms with E-state index in [1.54, 1.807) is 18.2 Å². The Morgan fingerprint density at radius 3 is 2.58 bits per heavy atom. The lowest BCUT2D eigenvalue weighted by Gasteiger charge is -2.11. The first kappa shape index (κ1) is 17.5. The average Bonchev–Trinajstić information content (AvgIpc) is 2.59. The number of amides is 1. The zero-order valence-electron chi connectivity index (χ0n) is 13.0. The van der Waals surface area contributed by atoms with Crippen LogP contribution in [-0.2, 0) is 11.3 Å². The second kappa shape index (κ2) is 8.67. The molecular weight excluding hydrogens is 316 g/mol. The Bertz CT molecular complexity index is 703. The highest BCUT2D eigenvalue weighted by Crippen LogP contribution is 2.29. The molecule has 4 nitrogen and oxygen atoms in total. The number of alkyl halides is 2. The third kappa shape index (κ3) is 5.39. The van der Waals surface area contributed by atoms with E-state index in [0.29, 0.717) is 5.56 Å². The molecule has 0 saturated carbocycles. The summed E-state index contributed by atoms with van der Waals surface area (Å²) in [6.45, 7) is -2.68. The normalized spacial score (nSPS) is 10.8. The van der Waals surface area contributed by atoms with Crippen LogP contribution in [0.3, 0.4) is 0 Å². The van der Waals surface area contributed by atoms with Crippen molar-refractivity contribution < 1.29 is 23.0 Å². The molecule has 0 aromatic heterocycles. The lowest BCUT2D eigenvalue weighted by atomic mass is 10.2. The van der Waals surface area contributed by atoms with E-state index in [1.807, 2.05) is 30.3 Å². The number of methoxy groups -OCH3 is 1. The van der Waals surface area contributed by atoms with Crippen molar-refractivity contribution in [2.24, 2.45) is 0 Å². The third-order valence-electron chi connectivity index (χ3n) is 3.14. The van der Waals surface area contributed by atoms with E-state index in [4.69, 9.17) is 4.74 Å². The molecule has 0 spiro atoms. The topological polar surface area (TPSA) is 47.6 Å². The summed E-state index contributed by atoms with van der Waals surface area (Å²) in [5.41, 5.74) is 1.62. The predicted octanol–water partition coefficient (Wildman–Crippen LogP) is 3.63. The fourth-order valence-corrected chi connectivity index (χ4v) is 2.00. The van der Waals surface area contributed by atoms with Gasteiger partial charge in [-0.1, -0.05) is 36.4 Å². The van der Waals surface area contributed by atoms with E-state index in [2.05, 4.69) is 10.1 Å². The predicted molar refractivity (Wildman–Crippen MR) is 86.9 cm³/mol. The van der Waals surface area contributed by atoms with Crippen LogP contribution in [0.5, 0.6) is 11.5 Å². The Hall–Kier alpha value is -2.89. The molecule has 2 aromatic rings. The smallest absolute Gasteiger partial charge is 0.387 e. The van der Waals surface area contributed by atoms with E-state index >= 15 is 0 Å². The first-order valence-corrected chi connectivity index (χ1v) is 7.21. The number of carbonyl (C=O) groups excluding carboxylic acids is 1. The lowest BCUT2D eigenvalue weighted by molar-refractivity contribution is -0.116. The van der Waals surface area contributed by atoms with Crippen molar-refractivity contribution in [3.05, 3.63) is 65.7 Å². The maximum Gasteiger partial charge on any atom is 0.387 e. The number of ether oxygens (including phenoxy) is 2. The van der Waals surface area contributed by atoms with Crippen molar-refractivity contribution in [3.8, 4) is 11.5 Å². The maximum atomic E-state index is 12.3. The monoisotopic (exact) mass is 333 g/mol. The van der Waals surface area contributed by atoms with Crippen molar-refractivity contribution in [2.45, 2.75) is 13.2 Å². The van der Waals surface area contributed by atoms with Crippen molar-refractivity contribution in [1.29, 1.82) is 0 Å². The number of nitrogens with one attached hydrogen (secondary N) is 1. The third-order valence-corrected chi connectivity index (χ3v) is 3.14. The van der Waals surface area contributed by atoms with Gasteiger partial charge in [-0.25, -0.2) is 0 Å². The Kier molecular flexibility index (Phi) is 6.31. The Morgan fingerprint density at radius 1 is 1.17 bits per heavy atom. The highest BCUT2D eigenvalue weighted by atomic mass is 19.3. The van der Waals surface area contributed by atoms with Gasteiger partial charge in [-0.05, 0) is 29.3 Å². The Balaban J connectivity index is 1.94. The quantitative estimate of drug-likeness (QED) is 0.787. The molecule has 2 aromatic carbocycles. The second-order valence-corrected chi connectivity index (χ2v) is 4.83. The standard InChI is InChI=1S/C18H17F2NO3/c1-23-16-11-14(7-9-15(16)24-18(19)20)12-21-17(22)10-8-13-5-3-2-4-6-13/h2-11,18H,12H2,1H3,(H,21,22)/b10-8+. The number of rotatable bonds is 7. The van der Waals surface area contributed by atoms with Crippen LogP contribution in [0.15, 0.2) is 54.6 Å². The summed E-state index contributed by atoms with van der Waals surface area (Å²) in [6, 6.07) is 13.9. The van der Waals surface area contributed by atoms with Crippen LogP contribution >= 0.6 is 0 Å². The van der Waals surface area contributed by atoms with Gasteiger partial charge in [-0.15, -0.1) is 0 Å². The molecule has 0 aliphatic carbocycles. The zero-order chi connectivity index (χ0) is 17.4. The van der Waals surface area contributed by atoms with Crippen molar-refractivity contribution >= 4 is 12.0 Å². The van der Waals surface area contributed by atoms with E-state index in [0.717, 1.165) is 5.56 Å². The summed E-state index contributed by atoms with van der Waals surface area (Å²) in [6.07, 6.45) is 3.14. The minimum absolute atomic E-state index is 0.0495. The largest absolute Gasteiger partial charge is 0.493 e. The molecule has 0 saturated heterocycles. The van der Waals surface area contributed by atoms with Crippen LogP contribution in [0, 0.1) is 0 Å². The van der Waals surface area contributed by atoms with Crippen LogP contribution < -0.4 is 14.8 Å². The highest BCUT2D eigenvalue weighted by molar-refractivity contribution is 5.91. The summed E-state index contributed by atoms with van der Waals surface area (Å²) in [4.78, 5) is 11.8. The second-order valence-electron chi connectivity index (χ2n) is 4.83. The fourth-order valence-electron chi connectivity index (χ4n) is 2.00. The molecule has 6 heteroatoms. The molecule has 2 rings (SSSR count). The molecule has 0 bridgehead atoms. The Labute approximate surface area is 138 Å². The van der Waals surface area contributed by atoms with Gasteiger partial charge in [0, 0.05) is 12.6 Å². The summed E-state index contributed by atoms with van der Waals surface area (Å²) in [5, 5.41) is 2.71. The number of hydrogen-bond donors (Lipinski definition) is 1. The van der Waals surface area contributed by atoms with Crippen LogP contribution in [0.25, 0.3) is 6.08 Å². The number of benzene rings is 2. The summed E-state index contributed by atoms with van der Waals surface area (Å²) >= 11 is 0. The molecule has 0 radical (unpaired) electrons. The number of hydrogen-bond acceptors (Lipinski definition) is 3. The molecule has 126 valence electrons. The highest BCUT2D eigenvalue weighted by Gasteiger charge is 2.11. The van der Waals surface area contributed by atoms with Gasteiger partial charge < -0.3 is 14.8 Å². The molecule has 1 amide bonds. The molecule has 0 unspecified atom stereocenters. The van der Waals surface area contributed by atoms with Crippen molar-refractivity contribution in [3.63, 3.8) is 0 Å². The first-order chi connectivity index (χ1) is 11.6. The number of halogens is 2. The van der Waals surface area contributed by atoms with Gasteiger partial charge in [0.1, 0.15) is 0 Å². The van der Waals surface area contributed by atoms with E-state index in [1.165, 1.54) is 19.3 Å². The van der Waals surface area contributed by atoms with Crippen LogP contribution in [-0.4, -0.2) is 19.6 Å². The molecule has 0 aliphatic heterocycles.